The average molecular weight is 339 g/mol. The van der Waals surface area contributed by atoms with Gasteiger partial charge in [-0.2, -0.15) is 0 Å². The Morgan fingerprint density at radius 1 is 1.04 bits per heavy atom. The summed E-state index contributed by atoms with van der Waals surface area (Å²) in [6.07, 6.45) is 2.44. The third kappa shape index (κ3) is 5.08. The largest absolute Gasteiger partial charge is 0.493 e. The molecule has 25 heavy (non-hydrogen) atoms. The van der Waals surface area contributed by atoms with Gasteiger partial charge in [0.2, 0.25) is 0 Å². The first kappa shape index (κ1) is 17.0. The number of ether oxygens (including phenoxy) is 1. The SMILES string of the molecule is O=C(O)CN(Cc1ccccc1)C(=O)c1ccc(OCC2CC2)cc1. The molecule has 0 bridgehead atoms. The molecule has 0 aromatic heterocycles. The summed E-state index contributed by atoms with van der Waals surface area (Å²) in [4.78, 5) is 25.2. The highest BCUT2D eigenvalue weighted by Gasteiger charge is 2.22. The molecule has 2 aromatic rings. The molecule has 5 nitrogen and oxygen atoms in total. The summed E-state index contributed by atoms with van der Waals surface area (Å²) in [5.41, 5.74) is 1.34. The van der Waals surface area contributed by atoms with Crippen LogP contribution < -0.4 is 4.74 Å². The Bertz CT molecular complexity index is 723. The van der Waals surface area contributed by atoms with Crippen molar-refractivity contribution < 1.29 is 19.4 Å². The first-order valence-electron chi connectivity index (χ1n) is 8.39. The maximum absolute atomic E-state index is 12.7. The fourth-order valence-corrected chi connectivity index (χ4v) is 2.54. The highest BCUT2D eigenvalue weighted by Crippen LogP contribution is 2.29. The monoisotopic (exact) mass is 339 g/mol. The molecule has 1 fully saturated rings. The van der Waals surface area contributed by atoms with Gasteiger partial charge in [-0.15, -0.1) is 0 Å². The van der Waals surface area contributed by atoms with Crippen molar-refractivity contribution in [2.75, 3.05) is 13.2 Å². The van der Waals surface area contributed by atoms with Crippen molar-refractivity contribution in [1.82, 2.24) is 4.90 Å². The lowest BCUT2D eigenvalue weighted by Gasteiger charge is -2.21. The van der Waals surface area contributed by atoms with Gasteiger partial charge in [0.15, 0.2) is 0 Å². The van der Waals surface area contributed by atoms with Crippen LogP contribution in [0.4, 0.5) is 0 Å². The van der Waals surface area contributed by atoms with Gasteiger partial charge in [-0.05, 0) is 48.6 Å². The molecule has 1 aliphatic rings. The molecule has 0 heterocycles. The molecule has 0 atom stereocenters. The fourth-order valence-electron chi connectivity index (χ4n) is 2.54. The molecule has 0 saturated heterocycles. The van der Waals surface area contributed by atoms with Crippen LogP contribution in [-0.4, -0.2) is 35.0 Å². The summed E-state index contributed by atoms with van der Waals surface area (Å²) < 4.78 is 5.67. The molecule has 130 valence electrons. The van der Waals surface area contributed by atoms with E-state index in [0.717, 1.165) is 11.3 Å². The van der Waals surface area contributed by atoms with Crippen LogP contribution in [0.25, 0.3) is 0 Å². The number of carbonyl (C=O) groups is 2. The smallest absolute Gasteiger partial charge is 0.323 e. The normalized spacial score (nSPS) is 13.3. The number of aliphatic carboxylic acids is 1. The van der Waals surface area contributed by atoms with E-state index >= 15 is 0 Å². The third-order valence-electron chi connectivity index (χ3n) is 4.11. The van der Waals surface area contributed by atoms with Crippen LogP contribution in [-0.2, 0) is 11.3 Å². The zero-order valence-electron chi connectivity index (χ0n) is 13.9. The molecule has 0 unspecified atom stereocenters. The second kappa shape index (κ2) is 7.83. The van der Waals surface area contributed by atoms with E-state index in [1.807, 2.05) is 30.3 Å². The Hall–Kier alpha value is -2.82. The van der Waals surface area contributed by atoms with E-state index < -0.39 is 5.97 Å². The summed E-state index contributed by atoms with van der Waals surface area (Å²) in [6.45, 7) is 0.631. The minimum absolute atomic E-state index is 0.256. The molecular weight excluding hydrogens is 318 g/mol. The van der Waals surface area contributed by atoms with Crippen molar-refractivity contribution in [2.24, 2.45) is 5.92 Å². The maximum Gasteiger partial charge on any atom is 0.323 e. The average Bonchev–Trinajstić information content (AvgIpc) is 3.44. The Kier molecular flexibility index (Phi) is 5.33. The van der Waals surface area contributed by atoms with Crippen molar-refractivity contribution in [3.05, 3.63) is 65.7 Å². The molecule has 1 saturated carbocycles. The zero-order valence-corrected chi connectivity index (χ0v) is 13.9. The highest BCUT2D eigenvalue weighted by atomic mass is 16.5. The van der Waals surface area contributed by atoms with Crippen LogP contribution >= 0.6 is 0 Å². The van der Waals surface area contributed by atoms with Gasteiger partial charge < -0.3 is 14.7 Å². The number of benzene rings is 2. The number of hydrogen-bond acceptors (Lipinski definition) is 3. The van der Waals surface area contributed by atoms with Gasteiger partial charge in [0, 0.05) is 12.1 Å². The van der Waals surface area contributed by atoms with E-state index in [1.165, 1.54) is 17.7 Å². The number of rotatable bonds is 8. The molecule has 1 aliphatic carbocycles. The van der Waals surface area contributed by atoms with Crippen molar-refractivity contribution in [1.29, 1.82) is 0 Å². The van der Waals surface area contributed by atoms with Crippen molar-refractivity contribution in [3.63, 3.8) is 0 Å². The van der Waals surface area contributed by atoms with Crippen molar-refractivity contribution in [2.45, 2.75) is 19.4 Å². The van der Waals surface area contributed by atoms with Crippen LogP contribution in [0.2, 0.25) is 0 Å². The van der Waals surface area contributed by atoms with Crippen LogP contribution in [0.15, 0.2) is 54.6 Å². The second-order valence-corrected chi connectivity index (χ2v) is 6.32. The predicted octanol–water partition coefficient (Wildman–Crippen LogP) is 3.20. The van der Waals surface area contributed by atoms with Crippen LogP contribution in [0.1, 0.15) is 28.8 Å². The summed E-state index contributed by atoms with van der Waals surface area (Å²) in [6, 6.07) is 16.2. The topological polar surface area (TPSA) is 66.8 Å². The van der Waals surface area contributed by atoms with Gasteiger partial charge in [-0.3, -0.25) is 9.59 Å². The summed E-state index contributed by atoms with van der Waals surface area (Å²) in [5.74, 6) is 0.0585. The molecule has 1 amide bonds. The molecule has 3 rings (SSSR count). The van der Waals surface area contributed by atoms with Gasteiger partial charge in [-0.25, -0.2) is 0 Å². The highest BCUT2D eigenvalue weighted by molar-refractivity contribution is 5.95. The molecule has 1 N–H and O–H groups in total. The first-order valence-corrected chi connectivity index (χ1v) is 8.39. The van der Waals surface area contributed by atoms with E-state index in [2.05, 4.69) is 0 Å². The van der Waals surface area contributed by atoms with E-state index in [9.17, 15) is 9.59 Å². The number of nitrogens with zero attached hydrogens (tertiary/aromatic N) is 1. The Morgan fingerprint density at radius 3 is 2.32 bits per heavy atom. The number of amides is 1. The number of hydrogen-bond donors (Lipinski definition) is 1. The van der Waals surface area contributed by atoms with Crippen LogP contribution in [0, 0.1) is 5.92 Å². The lowest BCUT2D eigenvalue weighted by molar-refractivity contribution is -0.137. The standard InChI is InChI=1S/C20H21NO4/c22-19(23)13-21(12-15-4-2-1-3-5-15)20(24)17-8-10-18(11-9-17)25-14-16-6-7-16/h1-5,8-11,16H,6-7,12-14H2,(H,22,23). The van der Waals surface area contributed by atoms with Crippen LogP contribution in [0.5, 0.6) is 5.75 Å². The molecule has 0 radical (unpaired) electrons. The van der Waals surface area contributed by atoms with Gasteiger partial charge in [0.1, 0.15) is 12.3 Å². The summed E-state index contributed by atoms with van der Waals surface area (Å²) >= 11 is 0. The number of carboxylic acid groups (broad SMARTS) is 1. The van der Waals surface area contributed by atoms with Gasteiger partial charge in [-0.1, -0.05) is 30.3 Å². The Labute approximate surface area is 146 Å². The fraction of sp³-hybridized carbons (Fsp3) is 0.300. The molecule has 0 aliphatic heterocycles. The van der Waals surface area contributed by atoms with E-state index in [4.69, 9.17) is 9.84 Å². The predicted molar refractivity (Wildman–Crippen MR) is 93.5 cm³/mol. The minimum Gasteiger partial charge on any atom is -0.493 e. The first-order chi connectivity index (χ1) is 12.1. The zero-order chi connectivity index (χ0) is 17.6. The summed E-state index contributed by atoms with van der Waals surface area (Å²) in [5, 5.41) is 9.12. The third-order valence-corrected chi connectivity index (χ3v) is 4.11. The quantitative estimate of drug-likeness (QED) is 0.802. The minimum atomic E-state index is -1.03. The second-order valence-electron chi connectivity index (χ2n) is 6.32. The van der Waals surface area contributed by atoms with Gasteiger partial charge in [0.25, 0.3) is 5.91 Å². The van der Waals surface area contributed by atoms with Crippen molar-refractivity contribution >= 4 is 11.9 Å². The number of carboxylic acids is 1. The molecule has 5 heteroatoms. The van der Waals surface area contributed by atoms with E-state index in [-0.39, 0.29) is 19.0 Å². The van der Waals surface area contributed by atoms with Crippen molar-refractivity contribution in [3.8, 4) is 5.75 Å². The molecule has 0 spiro atoms. The van der Waals surface area contributed by atoms with Crippen LogP contribution in [0.3, 0.4) is 0 Å². The molecular formula is C20H21NO4. The van der Waals surface area contributed by atoms with E-state index in [0.29, 0.717) is 18.1 Å². The lowest BCUT2D eigenvalue weighted by Crippen LogP contribution is -2.35. The summed E-state index contributed by atoms with van der Waals surface area (Å²) in [7, 11) is 0. The lowest BCUT2D eigenvalue weighted by atomic mass is 10.1. The Morgan fingerprint density at radius 2 is 1.72 bits per heavy atom. The number of carbonyl (C=O) groups excluding carboxylic acids is 1. The maximum atomic E-state index is 12.7. The van der Waals surface area contributed by atoms with Gasteiger partial charge in [0.05, 0.1) is 6.61 Å². The Balaban J connectivity index is 1.68. The molecule has 2 aromatic carbocycles. The van der Waals surface area contributed by atoms with Gasteiger partial charge >= 0.3 is 5.97 Å². The van der Waals surface area contributed by atoms with E-state index in [1.54, 1.807) is 24.3 Å².